The molecule has 0 atom stereocenters. The smallest absolute Gasteiger partial charge is 0.305 e. The number of ether oxygens (including phenoxy) is 1. The lowest BCUT2D eigenvalue weighted by molar-refractivity contribution is -0.137. The van der Waals surface area contributed by atoms with Gasteiger partial charge in [0.05, 0.1) is 13.0 Å². The van der Waals surface area contributed by atoms with E-state index in [1.54, 1.807) is 19.9 Å². The van der Waals surface area contributed by atoms with Crippen LogP contribution in [0.4, 0.5) is 5.95 Å². The van der Waals surface area contributed by atoms with Gasteiger partial charge in [-0.2, -0.15) is 4.98 Å². The maximum Gasteiger partial charge on any atom is 0.305 e. The number of nitrogens with zero attached hydrogens (tertiary/aromatic N) is 2. The van der Waals surface area contributed by atoms with Crippen LogP contribution in [0.1, 0.15) is 39.3 Å². The highest BCUT2D eigenvalue weighted by Gasteiger charge is 2.22. The fourth-order valence-corrected chi connectivity index (χ4v) is 1.60. The standard InChI is InChI=1S/C13H21N3O3/c1-5-6-19-10-7-9(2)14-12(15-10)16-13(3,4)8-11(17)18/h7H,5-6,8H2,1-4H3,(H,17,18)(H,14,15,16). The summed E-state index contributed by atoms with van der Waals surface area (Å²) >= 11 is 0. The number of carboxylic acids is 1. The van der Waals surface area contributed by atoms with Gasteiger partial charge in [-0.15, -0.1) is 0 Å². The molecule has 0 aliphatic carbocycles. The molecule has 0 unspecified atom stereocenters. The Bertz CT molecular complexity index is 447. The minimum atomic E-state index is -0.868. The van der Waals surface area contributed by atoms with Crippen molar-refractivity contribution >= 4 is 11.9 Å². The highest BCUT2D eigenvalue weighted by atomic mass is 16.5. The molecule has 2 N–H and O–H groups in total. The predicted octanol–water partition coefficient (Wildman–Crippen LogP) is 2.24. The average Bonchev–Trinajstić information content (AvgIpc) is 2.22. The third-order valence-electron chi connectivity index (χ3n) is 2.33. The van der Waals surface area contributed by atoms with Crippen LogP contribution >= 0.6 is 0 Å². The minimum Gasteiger partial charge on any atom is -0.481 e. The summed E-state index contributed by atoms with van der Waals surface area (Å²) in [5, 5.41) is 11.9. The zero-order valence-electron chi connectivity index (χ0n) is 11.9. The summed E-state index contributed by atoms with van der Waals surface area (Å²) in [6.45, 7) is 8.03. The molecule has 0 aromatic carbocycles. The van der Waals surface area contributed by atoms with Crippen molar-refractivity contribution in [2.24, 2.45) is 0 Å². The van der Waals surface area contributed by atoms with Gasteiger partial charge in [0.25, 0.3) is 0 Å². The Morgan fingerprint density at radius 3 is 2.74 bits per heavy atom. The third-order valence-corrected chi connectivity index (χ3v) is 2.33. The molecule has 0 radical (unpaired) electrons. The van der Waals surface area contributed by atoms with Gasteiger partial charge >= 0.3 is 5.97 Å². The summed E-state index contributed by atoms with van der Waals surface area (Å²) in [6, 6.07) is 1.75. The molecule has 0 aliphatic heterocycles. The highest BCUT2D eigenvalue weighted by Crippen LogP contribution is 2.18. The Balaban J connectivity index is 2.82. The molecule has 1 heterocycles. The predicted molar refractivity (Wildman–Crippen MR) is 72.5 cm³/mol. The first-order valence-corrected chi connectivity index (χ1v) is 6.31. The van der Waals surface area contributed by atoms with E-state index in [0.717, 1.165) is 12.1 Å². The number of hydrogen-bond acceptors (Lipinski definition) is 5. The Kier molecular flexibility index (Phi) is 5.09. The van der Waals surface area contributed by atoms with Crippen molar-refractivity contribution in [2.45, 2.75) is 46.1 Å². The molecule has 0 fully saturated rings. The van der Waals surface area contributed by atoms with Crippen LogP contribution < -0.4 is 10.1 Å². The molecule has 1 aromatic rings. The molecule has 0 saturated carbocycles. The molecule has 1 aromatic heterocycles. The maximum absolute atomic E-state index is 10.8. The molecule has 0 saturated heterocycles. The van der Waals surface area contributed by atoms with Crippen molar-refractivity contribution in [3.05, 3.63) is 11.8 Å². The first kappa shape index (κ1) is 15.2. The molecule has 1 rings (SSSR count). The van der Waals surface area contributed by atoms with Gasteiger partial charge in [0, 0.05) is 17.3 Å². The second-order valence-corrected chi connectivity index (χ2v) is 5.10. The van der Waals surface area contributed by atoms with Gasteiger partial charge in [-0.05, 0) is 27.2 Å². The Morgan fingerprint density at radius 1 is 1.47 bits per heavy atom. The van der Waals surface area contributed by atoms with Crippen molar-refractivity contribution in [1.29, 1.82) is 0 Å². The van der Waals surface area contributed by atoms with Gasteiger partial charge in [0.15, 0.2) is 0 Å². The highest BCUT2D eigenvalue weighted by molar-refractivity contribution is 5.69. The zero-order chi connectivity index (χ0) is 14.5. The molecule has 0 amide bonds. The first-order valence-electron chi connectivity index (χ1n) is 6.31. The number of rotatable bonds is 7. The van der Waals surface area contributed by atoms with Crippen LogP contribution in [-0.4, -0.2) is 33.2 Å². The van der Waals surface area contributed by atoms with Gasteiger partial charge in [-0.3, -0.25) is 4.79 Å². The van der Waals surface area contributed by atoms with E-state index in [9.17, 15) is 4.79 Å². The topological polar surface area (TPSA) is 84.3 Å². The molecule has 6 nitrogen and oxygen atoms in total. The van der Waals surface area contributed by atoms with Crippen LogP contribution in [0.2, 0.25) is 0 Å². The van der Waals surface area contributed by atoms with Crippen molar-refractivity contribution < 1.29 is 14.6 Å². The third kappa shape index (κ3) is 5.54. The van der Waals surface area contributed by atoms with Crippen molar-refractivity contribution in [1.82, 2.24) is 9.97 Å². The van der Waals surface area contributed by atoms with Gasteiger partial charge in [0.1, 0.15) is 0 Å². The average molecular weight is 267 g/mol. The minimum absolute atomic E-state index is 0.0184. The summed E-state index contributed by atoms with van der Waals surface area (Å²) in [5.41, 5.74) is 0.150. The monoisotopic (exact) mass is 267 g/mol. The normalized spacial score (nSPS) is 11.2. The Morgan fingerprint density at radius 2 is 2.16 bits per heavy atom. The zero-order valence-corrected chi connectivity index (χ0v) is 11.9. The van der Waals surface area contributed by atoms with E-state index in [1.165, 1.54) is 0 Å². The second kappa shape index (κ2) is 6.36. The van der Waals surface area contributed by atoms with Gasteiger partial charge in [-0.25, -0.2) is 4.98 Å². The lowest BCUT2D eigenvalue weighted by Gasteiger charge is -2.24. The molecular formula is C13H21N3O3. The SMILES string of the molecule is CCCOc1cc(C)nc(NC(C)(C)CC(=O)O)n1. The van der Waals surface area contributed by atoms with E-state index >= 15 is 0 Å². The van der Waals surface area contributed by atoms with Crippen LogP contribution in [0.5, 0.6) is 5.88 Å². The number of aromatic nitrogens is 2. The maximum atomic E-state index is 10.8. The number of nitrogens with one attached hydrogen (secondary N) is 1. The molecule has 106 valence electrons. The summed E-state index contributed by atoms with van der Waals surface area (Å²) in [6.07, 6.45) is 0.881. The number of carboxylic acid groups (broad SMARTS) is 1. The lowest BCUT2D eigenvalue weighted by Crippen LogP contribution is -2.34. The first-order chi connectivity index (χ1) is 8.82. The summed E-state index contributed by atoms with van der Waals surface area (Å²) in [4.78, 5) is 19.2. The van der Waals surface area contributed by atoms with Crippen LogP contribution in [0, 0.1) is 6.92 Å². The van der Waals surface area contributed by atoms with Gasteiger partial charge < -0.3 is 15.2 Å². The fraction of sp³-hybridized carbons (Fsp3) is 0.615. The van der Waals surface area contributed by atoms with E-state index in [4.69, 9.17) is 9.84 Å². The largest absolute Gasteiger partial charge is 0.481 e. The lowest BCUT2D eigenvalue weighted by atomic mass is 10.0. The number of hydrogen-bond donors (Lipinski definition) is 2. The van der Waals surface area contributed by atoms with E-state index in [0.29, 0.717) is 18.4 Å². The van der Waals surface area contributed by atoms with Crippen LogP contribution in [0.3, 0.4) is 0 Å². The molecule has 0 bridgehead atoms. The van der Waals surface area contributed by atoms with E-state index < -0.39 is 11.5 Å². The molecule has 6 heteroatoms. The molecular weight excluding hydrogens is 246 g/mol. The van der Waals surface area contributed by atoms with Crippen molar-refractivity contribution in [3.63, 3.8) is 0 Å². The van der Waals surface area contributed by atoms with E-state index in [1.807, 2.05) is 13.8 Å². The Hall–Kier alpha value is -1.85. The van der Waals surface area contributed by atoms with Crippen LogP contribution in [0.25, 0.3) is 0 Å². The molecule has 19 heavy (non-hydrogen) atoms. The van der Waals surface area contributed by atoms with Crippen molar-refractivity contribution in [2.75, 3.05) is 11.9 Å². The fourth-order valence-electron chi connectivity index (χ4n) is 1.60. The summed E-state index contributed by atoms with van der Waals surface area (Å²) in [7, 11) is 0. The second-order valence-electron chi connectivity index (χ2n) is 5.10. The summed E-state index contributed by atoms with van der Waals surface area (Å²) in [5.74, 6) is 0.0212. The van der Waals surface area contributed by atoms with Crippen molar-refractivity contribution in [3.8, 4) is 5.88 Å². The van der Waals surface area contributed by atoms with Crippen LogP contribution in [-0.2, 0) is 4.79 Å². The Labute approximate surface area is 113 Å². The van der Waals surface area contributed by atoms with E-state index in [-0.39, 0.29) is 6.42 Å². The van der Waals surface area contributed by atoms with Gasteiger partial charge in [0.2, 0.25) is 11.8 Å². The van der Waals surface area contributed by atoms with Gasteiger partial charge in [-0.1, -0.05) is 6.92 Å². The molecule has 0 aliphatic rings. The van der Waals surface area contributed by atoms with Crippen LogP contribution in [0.15, 0.2) is 6.07 Å². The summed E-state index contributed by atoms with van der Waals surface area (Å²) < 4.78 is 5.46. The number of aryl methyl sites for hydroxylation is 1. The number of aliphatic carboxylic acids is 1. The quantitative estimate of drug-likeness (QED) is 0.788. The van der Waals surface area contributed by atoms with E-state index in [2.05, 4.69) is 15.3 Å². The molecule has 0 spiro atoms. The number of carbonyl (C=O) groups is 1. The number of anilines is 1.